The third kappa shape index (κ3) is 4.62. The number of hydrogen-bond acceptors (Lipinski definition) is 7. The van der Waals surface area contributed by atoms with Gasteiger partial charge >= 0.3 is 5.97 Å². The van der Waals surface area contributed by atoms with Gasteiger partial charge in [-0.05, 0) is 50.2 Å². The number of aromatic nitrogens is 2. The van der Waals surface area contributed by atoms with Crippen LogP contribution in [0.4, 0.5) is 23.1 Å². The molecule has 7 heteroatoms. The first-order valence-corrected chi connectivity index (χ1v) is 8.75. The standard InChI is InChI=1S/C21H19N5O2/c1-3-28-20(27)15-8-10-17(11-9-15)24-21-23-14(2)12-19(26-21)25-18-7-5-4-6-16(18)13-22/h4-12H,3H2,1-2H3,(H2,23,24,25,26). The number of nitriles is 1. The molecule has 0 aliphatic rings. The van der Waals surface area contributed by atoms with E-state index in [1.807, 2.05) is 25.1 Å². The van der Waals surface area contributed by atoms with E-state index in [0.29, 0.717) is 35.2 Å². The van der Waals surface area contributed by atoms with Crippen LogP contribution >= 0.6 is 0 Å². The van der Waals surface area contributed by atoms with Gasteiger partial charge in [0, 0.05) is 17.4 Å². The Balaban J connectivity index is 1.78. The van der Waals surface area contributed by atoms with Crippen LogP contribution in [0.3, 0.4) is 0 Å². The maximum Gasteiger partial charge on any atom is 0.338 e. The van der Waals surface area contributed by atoms with Gasteiger partial charge in [0.15, 0.2) is 0 Å². The van der Waals surface area contributed by atoms with Crippen LogP contribution in [0.25, 0.3) is 0 Å². The zero-order valence-electron chi connectivity index (χ0n) is 15.6. The van der Waals surface area contributed by atoms with Crippen LogP contribution in [-0.4, -0.2) is 22.5 Å². The Hall–Kier alpha value is -3.92. The molecule has 0 amide bonds. The molecule has 0 saturated heterocycles. The summed E-state index contributed by atoms with van der Waals surface area (Å²) in [6.45, 7) is 3.96. The molecule has 2 aromatic carbocycles. The van der Waals surface area contributed by atoms with Crippen LogP contribution in [0.5, 0.6) is 0 Å². The quantitative estimate of drug-likeness (QED) is 0.621. The van der Waals surface area contributed by atoms with Crippen molar-refractivity contribution in [1.29, 1.82) is 5.26 Å². The summed E-state index contributed by atoms with van der Waals surface area (Å²) in [4.78, 5) is 20.6. The van der Waals surface area contributed by atoms with Crippen LogP contribution in [-0.2, 0) is 4.74 Å². The molecule has 0 atom stereocenters. The molecular weight excluding hydrogens is 354 g/mol. The van der Waals surface area contributed by atoms with Gasteiger partial charge in [-0.25, -0.2) is 9.78 Å². The molecule has 3 rings (SSSR count). The van der Waals surface area contributed by atoms with E-state index >= 15 is 0 Å². The number of rotatable bonds is 6. The topological polar surface area (TPSA) is 99.9 Å². The van der Waals surface area contributed by atoms with Crippen molar-refractivity contribution in [2.24, 2.45) is 0 Å². The lowest BCUT2D eigenvalue weighted by Crippen LogP contribution is -2.05. The average Bonchev–Trinajstić information content (AvgIpc) is 2.69. The summed E-state index contributed by atoms with van der Waals surface area (Å²) in [7, 11) is 0. The number of carbonyl (C=O) groups excluding carboxylic acids is 1. The van der Waals surface area contributed by atoms with Gasteiger partial charge in [0.2, 0.25) is 5.95 Å². The number of nitrogens with one attached hydrogen (secondary N) is 2. The van der Waals surface area contributed by atoms with Crippen molar-refractivity contribution in [3.05, 3.63) is 71.4 Å². The summed E-state index contributed by atoms with van der Waals surface area (Å²) < 4.78 is 4.98. The van der Waals surface area contributed by atoms with E-state index in [2.05, 4.69) is 26.7 Å². The van der Waals surface area contributed by atoms with Crippen molar-refractivity contribution in [2.45, 2.75) is 13.8 Å². The lowest BCUT2D eigenvalue weighted by molar-refractivity contribution is 0.0526. The molecule has 0 aliphatic heterocycles. The lowest BCUT2D eigenvalue weighted by atomic mass is 10.2. The number of esters is 1. The van der Waals surface area contributed by atoms with Gasteiger partial charge in [-0.15, -0.1) is 0 Å². The van der Waals surface area contributed by atoms with Gasteiger partial charge in [-0.1, -0.05) is 12.1 Å². The van der Waals surface area contributed by atoms with Crippen LogP contribution in [0, 0.1) is 18.3 Å². The molecule has 0 radical (unpaired) electrons. The number of hydrogen-bond donors (Lipinski definition) is 2. The Bertz CT molecular complexity index is 1030. The van der Waals surface area contributed by atoms with Crippen molar-refractivity contribution in [2.75, 3.05) is 17.2 Å². The number of benzene rings is 2. The van der Waals surface area contributed by atoms with Crippen LogP contribution in [0.15, 0.2) is 54.6 Å². The predicted octanol–water partition coefficient (Wildman–Crippen LogP) is 4.32. The van der Waals surface area contributed by atoms with E-state index in [1.54, 1.807) is 43.3 Å². The predicted molar refractivity (Wildman–Crippen MR) is 107 cm³/mol. The molecule has 0 unspecified atom stereocenters. The molecule has 0 fully saturated rings. The van der Waals surface area contributed by atoms with Crippen LogP contribution in [0.2, 0.25) is 0 Å². The smallest absolute Gasteiger partial charge is 0.338 e. The Morgan fingerprint density at radius 2 is 1.86 bits per heavy atom. The third-order valence-electron chi connectivity index (χ3n) is 3.82. The molecular formula is C21H19N5O2. The molecule has 0 saturated carbocycles. The summed E-state index contributed by atoms with van der Waals surface area (Å²) in [6, 6.07) is 18.0. The molecule has 140 valence electrons. The molecule has 3 aromatic rings. The first-order valence-electron chi connectivity index (χ1n) is 8.75. The highest BCUT2D eigenvalue weighted by Gasteiger charge is 2.08. The van der Waals surface area contributed by atoms with Crippen molar-refractivity contribution in [3.8, 4) is 6.07 Å². The Labute approximate surface area is 163 Å². The fraction of sp³-hybridized carbons (Fsp3) is 0.143. The van der Waals surface area contributed by atoms with Crippen LogP contribution < -0.4 is 10.6 Å². The molecule has 2 N–H and O–H groups in total. The minimum Gasteiger partial charge on any atom is -0.462 e. The fourth-order valence-electron chi connectivity index (χ4n) is 2.55. The zero-order chi connectivity index (χ0) is 19.9. The van der Waals surface area contributed by atoms with Crippen molar-refractivity contribution < 1.29 is 9.53 Å². The molecule has 0 aliphatic carbocycles. The Kier molecular flexibility index (Phi) is 5.82. The first-order chi connectivity index (χ1) is 13.6. The van der Waals surface area contributed by atoms with E-state index in [-0.39, 0.29) is 5.97 Å². The van der Waals surface area contributed by atoms with Gasteiger partial charge in [0.1, 0.15) is 11.9 Å². The summed E-state index contributed by atoms with van der Waals surface area (Å²) in [6.07, 6.45) is 0. The van der Waals surface area contributed by atoms with Crippen LogP contribution in [0.1, 0.15) is 28.5 Å². The minimum atomic E-state index is -0.358. The molecule has 7 nitrogen and oxygen atoms in total. The maximum atomic E-state index is 11.7. The largest absolute Gasteiger partial charge is 0.462 e. The Morgan fingerprint density at radius 3 is 2.57 bits per heavy atom. The highest BCUT2D eigenvalue weighted by Crippen LogP contribution is 2.22. The minimum absolute atomic E-state index is 0.334. The fourth-order valence-corrected chi connectivity index (χ4v) is 2.55. The lowest BCUT2D eigenvalue weighted by Gasteiger charge is -2.11. The first kappa shape index (κ1) is 18.9. The van der Waals surface area contributed by atoms with Gasteiger partial charge in [-0.2, -0.15) is 10.2 Å². The second-order valence-corrected chi connectivity index (χ2v) is 5.92. The Morgan fingerprint density at radius 1 is 1.11 bits per heavy atom. The maximum absolute atomic E-state index is 11.7. The van der Waals surface area contributed by atoms with Gasteiger partial charge in [0.25, 0.3) is 0 Å². The average molecular weight is 373 g/mol. The van der Waals surface area contributed by atoms with Crippen molar-refractivity contribution in [1.82, 2.24) is 9.97 Å². The molecule has 1 aromatic heterocycles. The molecule has 1 heterocycles. The van der Waals surface area contributed by atoms with E-state index < -0.39 is 0 Å². The molecule has 0 spiro atoms. The summed E-state index contributed by atoms with van der Waals surface area (Å²) in [5, 5.41) is 15.5. The summed E-state index contributed by atoms with van der Waals surface area (Å²) >= 11 is 0. The zero-order valence-corrected chi connectivity index (χ0v) is 15.6. The van der Waals surface area contributed by atoms with Gasteiger partial charge in [-0.3, -0.25) is 0 Å². The van der Waals surface area contributed by atoms with Crippen molar-refractivity contribution >= 4 is 29.1 Å². The molecule has 28 heavy (non-hydrogen) atoms. The normalized spacial score (nSPS) is 10.0. The number of anilines is 4. The third-order valence-corrected chi connectivity index (χ3v) is 3.82. The number of aryl methyl sites for hydroxylation is 1. The van der Waals surface area contributed by atoms with Gasteiger partial charge < -0.3 is 15.4 Å². The second-order valence-electron chi connectivity index (χ2n) is 5.92. The SMILES string of the molecule is CCOC(=O)c1ccc(Nc2nc(C)cc(Nc3ccccc3C#N)n2)cc1. The highest BCUT2D eigenvalue weighted by atomic mass is 16.5. The number of nitrogens with zero attached hydrogens (tertiary/aromatic N) is 3. The molecule has 0 bridgehead atoms. The number of para-hydroxylation sites is 1. The van der Waals surface area contributed by atoms with E-state index in [9.17, 15) is 10.1 Å². The highest BCUT2D eigenvalue weighted by molar-refractivity contribution is 5.89. The van der Waals surface area contributed by atoms with Gasteiger partial charge in [0.05, 0.1) is 23.4 Å². The van der Waals surface area contributed by atoms with E-state index in [1.165, 1.54) is 0 Å². The summed E-state index contributed by atoms with van der Waals surface area (Å²) in [5.41, 5.74) is 3.18. The van der Waals surface area contributed by atoms with E-state index in [0.717, 1.165) is 11.4 Å². The number of carbonyl (C=O) groups is 1. The monoisotopic (exact) mass is 373 g/mol. The summed E-state index contributed by atoms with van der Waals surface area (Å²) in [5.74, 6) is 0.616. The van der Waals surface area contributed by atoms with E-state index in [4.69, 9.17) is 4.74 Å². The number of ether oxygens (including phenoxy) is 1. The second kappa shape index (κ2) is 8.64. The van der Waals surface area contributed by atoms with Crippen molar-refractivity contribution in [3.63, 3.8) is 0 Å².